The number of nitrogens with zero attached hydrogens (tertiary/aromatic N) is 3. The number of carbonyl (C=O) groups excluding carboxylic acids is 1. The van der Waals surface area contributed by atoms with Gasteiger partial charge in [-0.2, -0.15) is 5.26 Å². The van der Waals surface area contributed by atoms with Crippen molar-refractivity contribution in [2.24, 2.45) is 4.99 Å². The minimum atomic E-state index is -0.755. The minimum absolute atomic E-state index is 0.0396. The SMILES string of the molecule is CCOC(=O)C1=C(C)N=c2s/c(=C/c3ccc(OCC#N)cc3)c(=O)n2[C@H]1c1ccccc1OC(C)C. The minimum Gasteiger partial charge on any atom is -0.491 e. The maximum atomic E-state index is 13.8. The second-order valence-corrected chi connectivity index (χ2v) is 9.53. The molecule has 0 saturated heterocycles. The highest BCUT2D eigenvalue weighted by Crippen LogP contribution is 2.36. The lowest BCUT2D eigenvalue weighted by Gasteiger charge is -2.26. The molecular weight excluding hydrogens is 490 g/mol. The molecule has 0 spiro atoms. The molecule has 190 valence electrons. The summed E-state index contributed by atoms with van der Waals surface area (Å²) in [6.07, 6.45) is 1.67. The van der Waals surface area contributed by atoms with Gasteiger partial charge in [-0.15, -0.1) is 0 Å². The van der Waals surface area contributed by atoms with Crippen molar-refractivity contribution in [3.05, 3.63) is 90.6 Å². The van der Waals surface area contributed by atoms with E-state index in [0.29, 0.717) is 37.7 Å². The summed E-state index contributed by atoms with van der Waals surface area (Å²) in [4.78, 5) is 32.0. The van der Waals surface area contributed by atoms with Crippen LogP contribution in [0.15, 0.2) is 69.6 Å². The van der Waals surface area contributed by atoms with Gasteiger partial charge in [0, 0.05) is 5.56 Å². The predicted octanol–water partition coefficient (Wildman–Crippen LogP) is 3.49. The Kier molecular flexibility index (Phi) is 7.89. The van der Waals surface area contributed by atoms with Gasteiger partial charge in [-0.3, -0.25) is 9.36 Å². The van der Waals surface area contributed by atoms with Gasteiger partial charge in [0.1, 0.15) is 23.6 Å². The normalized spacial score (nSPS) is 15.1. The third-order valence-electron chi connectivity index (χ3n) is 5.57. The number of allylic oxidation sites excluding steroid dienone is 1. The Hall–Kier alpha value is -4.16. The molecule has 2 heterocycles. The van der Waals surface area contributed by atoms with E-state index in [1.54, 1.807) is 36.6 Å². The first-order chi connectivity index (χ1) is 17.8. The first-order valence-corrected chi connectivity index (χ1v) is 12.7. The fraction of sp³-hybridized carbons (Fsp3) is 0.286. The number of para-hydroxylation sites is 1. The van der Waals surface area contributed by atoms with E-state index < -0.39 is 12.0 Å². The number of ether oxygens (including phenoxy) is 3. The molecular formula is C28H27N3O5S. The molecule has 0 fully saturated rings. The number of esters is 1. The predicted molar refractivity (Wildman–Crippen MR) is 140 cm³/mol. The van der Waals surface area contributed by atoms with Gasteiger partial charge < -0.3 is 14.2 Å². The van der Waals surface area contributed by atoms with E-state index in [-0.39, 0.29) is 24.9 Å². The molecule has 0 amide bonds. The fourth-order valence-corrected chi connectivity index (χ4v) is 5.13. The average Bonchev–Trinajstić information content (AvgIpc) is 3.17. The van der Waals surface area contributed by atoms with Crippen molar-refractivity contribution in [2.45, 2.75) is 39.8 Å². The summed E-state index contributed by atoms with van der Waals surface area (Å²) in [5, 5.41) is 8.69. The van der Waals surface area contributed by atoms with Gasteiger partial charge >= 0.3 is 5.97 Å². The molecule has 2 aromatic carbocycles. The van der Waals surface area contributed by atoms with Gasteiger partial charge in [0.05, 0.1) is 28.5 Å². The van der Waals surface area contributed by atoms with Crippen LogP contribution in [-0.4, -0.2) is 29.9 Å². The Morgan fingerprint density at radius 1 is 1.22 bits per heavy atom. The van der Waals surface area contributed by atoms with E-state index in [0.717, 1.165) is 5.56 Å². The largest absolute Gasteiger partial charge is 0.491 e. The number of carbonyl (C=O) groups is 1. The smallest absolute Gasteiger partial charge is 0.338 e. The van der Waals surface area contributed by atoms with Crippen LogP contribution in [0.3, 0.4) is 0 Å². The average molecular weight is 518 g/mol. The lowest BCUT2D eigenvalue weighted by molar-refractivity contribution is -0.139. The lowest BCUT2D eigenvalue weighted by atomic mass is 9.95. The summed E-state index contributed by atoms with van der Waals surface area (Å²) in [5.74, 6) is 0.633. The van der Waals surface area contributed by atoms with Crippen LogP contribution in [0.25, 0.3) is 6.08 Å². The molecule has 0 N–H and O–H groups in total. The lowest BCUT2D eigenvalue weighted by Crippen LogP contribution is -2.40. The number of fused-ring (bicyclic) bond motifs is 1. The van der Waals surface area contributed by atoms with Crippen LogP contribution < -0.4 is 24.4 Å². The Morgan fingerprint density at radius 2 is 1.95 bits per heavy atom. The first kappa shape index (κ1) is 25.9. The molecule has 37 heavy (non-hydrogen) atoms. The van der Waals surface area contributed by atoms with Crippen molar-refractivity contribution in [3.8, 4) is 17.6 Å². The van der Waals surface area contributed by atoms with Crippen molar-refractivity contribution in [2.75, 3.05) is 13.2 Å². The van der Waals surface area contributed by atoms with Gasteiger partial charge in [0.15, 0.2) is 11.4 Å². The second kappa shape index (κ2) is 11.3. The highest BCUT2D eigenvalue weighted by molar-refractivity contribution is 7.07. The highest BCUT2D eigenvalue weighted by atomic mass is 32.1. The van der Waals surface area contributed by atoms with Crippen LogP contribution in [0.4, 0.5) is 0 Å². The van der Waals surface area contributed by atoms with Gasteiger partial charge in [0.25, 0.3) is 5.56 Å². The maximum absolute atomic E-state index is 13.8. The van der Waals surface area contributed by atoms with Crippen LogP contribution >= 0.6 is 11.3 Å². The summed E-state index contributed by atoms with van der Waals surface area (Å²) < 4.78 is 18.7. The zero-order chi connectivity index (χ0) is 26.5. The van der Waals surface area contributed by atoms with E-state index >= 15 is 0 Å². The monoisotopic (exact) mass is 517 g/mol. The van der Waals surface area contributed by atoms with Crippen LogP contribution in [0.1, 0.15) is 44.9 Å². The topological polar surface area (TPSA) is 103 Å². The molecule has 0 aliphatic carbocycles. The van der Waals surface area contributed by atoms with E-state index in [9.17, 15) is 9.59 Å². The van der Waals surface area contributed by atoms with Crippen molar-refractivity contribution in [1.29, 1.82) is 5.26 Å². The molecule has 4 rings (SSSR count). The van der Waals surface area contributed by atoms with E-state index in [2.05, 4.69) is 4.99 Å². The molecule has 0 unspecified atom stereocenters. The first-order valence-electron chi connectivity index (χ1n) is 11.9. The van der Waals surface area contributed by atoms with Gasteiger partial charge in [0.2, 0.25) is 0 Å². The summed E-state index contributed by atoms with van der Waals surface area (Å²) in [7, 11) is 0. The number of nitriles is 1. The summed E-state index contributed by atoms with van der Waals surface area (Å²) in [5.41, 5.74) is 2.00. The molecule has 8 nitrogen and oxygen atoms in total. The maximum Gasteiger partial charge on any atom is 0.338 e. The second-order valence-electron chi connectivity index (χ2n) is 8.52. The molecule has 9 heteroatoms. The molecule has 3 aromatic rings. The van der Waals surface area contributed by atoms with E-state index in [4.69, 9.17) is 19.5 Å². The standard InChI is InChI=1S/C28H27N3O5S/c1-5-34-27(33)24-18(4)30-28-31(25(24)21-8-6-7-9-22(21)36-17(2)3)26(32)23(37-28)16-19-10-12-20(13-11-19)35-15-14-29/h6-13,16-17,25H,5,15H2,1-4H3/b23-16+/t25-/m0/s1. The number of hydrogen-bond donors (Lipinski definition) is 0. The molecule has 1 aliphatic rings. The quantitative estimate of drug-likeness (QED) is 0.424. The number of thiazole rings is 1. The summed E-state index contributed by atoms with van der Waals surface area (Å²) >= 11 is 1.25. The van der Waals surface area contributed by atoms with Gasteiger partial charge in [-0.1, -0.05) is 41.7 Å². The zero-order valence-corrected chi connectivity index (χ0v) is 21.9. The Morgan fingerprint density at radius 3 is 2.62 bits per heavy atom. The van der Waals surface area contributed by atoms with E-state index in [1.165, 1.54) is 11.3 Å². The van der Waals surface area contributed by atoms with E-state index in [1.807, 2.05) is 56.3 Å². The molecule has 0 radical (unpaired) electrons. The molecule has 1 atom stereocenters. The van der Waals surface area contributed by atoms with Crippen molar-refractivity contribution in [3.63, 3.8) is 0 Å². The van der Waals surface area contributed by atoms with Gasteiger partial charge in [-0.25, -0.2) is 9.79 Å². The van der Waals surface area contributed by atoms with Crippen molar-refractivity contribution in [1.82, 2.24) is 4.57 Å². The molecule has 1 aliphatic heterocycles. The number of rotatable bonds is 8. The zero-order valence-electron chi connectivity index (χ0n) is 21.1. The Balaban J connectivity index is 1.89. The third kappa shape index (κ3) is 5.49. The molecule has 0 bridgehead atoms. The summed E-state index contributed by atoms with van der Waals surface area (Å²) in [6, 6.07) is 15.7. The number of aromatic nitrogens is 1. The highest BCUT2D eigenvalue weighted by Gasteiger charge is 2.35. The Labute approximate surface area is 218 Å². The van der Waals surface area contributed by atoms with Gasteiger partial charge in [-0.05, 0) is 57.5 Å². The Bertz CT molecular complexity index is 1560. The van der Waals surface area contributed by atoms with Crippen LogP contribution in [-0.2, 0) is 9.53 Å². The van der Waals surface area contributed by atoms with Crippen LogP contribution in [0, 0.1) is 11.3 Å². The number of benzene rings is 2. The number of hydrogen-bond acceptors (Lipinski definition) is 8. The van der Waals surface area contributed by atoms with Crippen molar-refractivity contribution >= 4 is 23.4 Å². The summed E-state index contributed by atoms with van der Waals surface area (Å²) in [6.45, 7) is 7.50. The van der Waals surface area contributed by atoms with Crippen LogP contribution in [0.5, 0.6) is 11.5 Å². The van der Waals surface area contributed by atoms with Crippen LogP contribution in [0.2, 0.25) is 0 Å². The van der Waals surface area contributed by atoms with Crippen molar-refractivity contribution < 1.29 is 19.0 Å². The third-order valence-corrected chi connectivity index (χ3v) is 6.56. The molecule has 1 aromatic heterocycles. The molecule has 0 saturated carbocycles. The fourth-order valence-electron chi connectivity index (χ4n) is 4.08.